The van der Waals surface area contributed by atoms with Gasteiger partial charge in [-0.05, 0) is 55.8 Å². The van der Waals surface area contributed by atoms with Crippen molar-refractivity contribution in [2.75, 3.05) is 33.4 Å². The van der Waals surface area contributed by atoms with Gasteiger partial charge < -0.3 is 15.4 Å². The molecule has 120 valence electrons. The summed E-state index contributed by atoms with van der Waals surface area (Å²) in [6.07, 6.45) is 7.50. The summed E-state index contributed by atoms with van der Waals surface area (Å²) in [5.74, 6) is 1.94. The third kappa shape index (κ3) is 3.11. The average Bonchev–Trinajstić information content (AvgIpc) is 2.39. The second-order valence-corrected chi connectivity index (χ2v) is 8.05. The zero-order valence-electron chi connectivity index (χ0n) is 13.5. The summed E-state index contributed by atoms with van der Waals surface area (Å²) in [4.78, 5) is 12.8. The molecule has 0 saturated heterocycles. The van der Waals surface area contributed by atoms with Gasteiger partial charge in [-0.3, -0.25) is 4.79 Å². The first-order chi connectivity index (χ1) is 10.1. The number of carbonyl (C=O) groups excluding carboxylic acids is 1. The second kappa shape index (κ2) is 5.88. The van der Waals surface area contributed by atoms with Crippen LogP contribution < -0.4 is 10.6 Å². The SMILES string of the molecule is COCCNCCNC(=O)C12CC3CC(CC(C)(C3)C1)C2. The molecule has 0 aromatic heterocycles. The standard InChI is InChI=1S/C17H30N2O2/c1-16-8-13-7-14(9-16)11-17(10-13,12-16)15(20)19-4-3-18-5-6-21-2/h13-14,18H,3-12H2,1-2H3,(H,19,20). The smallest absolute Gasteiger partial charge is 0.226 e. The number of ether oxygens (including phenoxy) is 1. The molecule has 1 amide bonds. The average molecular weight is 294 g/mol. The van der Waals surface area contributed by atoms with Gasteiger partial charge in [0.1, 0.15) is 0 Å². The maximum Gasteiger partial charge on any atom is 0.226 e. The van der Waals surface area contributed by atoms with Gasteiger partial charge in [0.2, 0.25) is 5.91 Å². The predicted octanol–water partition coefficient (Wildman–Crippen LogP) is 1.95. The van der Waals surface area contributed by atoms with Gasteiger partial charge >= 0.3 is 0 Å². The Labute approximate surface area is 128 Å². The molecule has 4 saturated carbocycles. The Balaban J connectivity index is 1.50. The Morgan fingerprint density at radius 2 is 1.86 bits per heavy atom. The number of hydrogen-bond donors (Lipinski definition) is 2. The van der Waals surface area contributed by atoms with E-state index in [1.807, 2.05) is 0 Å². The molecule has 0 aliphatic heterocycles. The van der Waals surface area contributed by atoms with Crippen molar-refractivity contribution < 1.29 is 9.53 Å². The van der Waals surface area contributed by atoms with Gasteiger partial charge in [-0.2, -0.15) is 0 Å². The highest BCUT2D eigenvalue weighted by Crippen LogP contribution is 2.65. The zero-order valence-corrected chi connectivity index (χ0v) is 13.5. The molecule has 4 rings (SSSR count). The molecule has 4 heteroatoms. The normalized spacial score (nSPS) is 40.5. The fourth-order valence-corrected chi connectivity index (χ4v) is 5.74. The second-order valence-electron chi connectivity index (χ2n) is 8.05. The molecule has 4 bridgehead atoms. The minimum absolute atomic E-state index is 0.0363. The van der Waals surface area contributed by atoms with E-state index in [-0.39, 0.29) is 5.41 Å². The first kappa shape index (κ1) is 15.3. The van der Waals surface area contributed by atoms with E-state index in [1.165, 1.54) is 19.3 Å². The highest BCUT2D eigenvalue weighted by atomic mass is 16.5. The molecule has 0 aromatic carbocycles. The van der Waals surface area contributed by atoms with Gasteiger partial charge in [-0.15, -0.1) is 0 Å². The lowest BCUT2D eigenvalue weighted by molar-refractivity contribution is -0.155. The number of hydrogen-bond acceptors (Lipinski definition) is 3. The molecular weight excluding hydrogens is 264 g/mol. The van der Waals surface area contributed by atoms with Crippen molar-refractivity contribution in [3.63, 3.8) is 0 Å². The van der Waals surface area contributed by atoms with E-state index in [0.717, 1.165) is 57.3 Å². The van der Waals surface area contributed by atoms with E-state index in [4.69, 9.17) is 4.74 Å². The molecule has 0 spiro atoms. The van der Waals surface area contributed by atoms with Gasteiger partial charge in [-0.25, -0.2) is 0 Å². The predicted molar refractivity (Wildman–Crippen MR) is 83.0 cm³/mol. The summed E-state index contributed by atoms with van der Waals surface area (Å²) < 4.78 is 5.00. The lowest BCUT2D eigenvalue weighted by Crippen LogP contribution is -2.57. The molecule has 4 nitrogen and oxygen atoms in total. The molecule has 2 N–H and O–H groups in total. The Morgan fingerprint density at radius 1 is 1.14 bits per heavy atom. The number of amides is 1. The molecule has 4 fully saturated rings. The summed E-state index contributed by atoms with van der Waals surface area (Å²) >= 11 is 0. The first-order valence-corrected chi connectivity index (χ1v) is 8.53. The minimum Gasteiger partial charge on any atom is -0.383 e. The molecule has 2 unspecified atom stereocenters. The zero-order chi connectivity index (χ0) is 14.9. The molecule has 0 heterocycles. The van der Waals surface area contributed by atoms with Crippen LogP contribution in [0.25, 0.3) is 0 Å². The summed E-state index contributed by atoms with van der Waals surface area (Å²) in [5.41, 5.74) is 0.406. The van der Waals surface area contributed by atoms with Crippen molar-refractivity contribution in [1.82, 2.24) is 10.6 Å². The van der Waals surface area contributed by atoms with Crippen LogP contribution in [0.3, 0.4) is 0 Å². The van der Waals surface area contributed by atoms with Crippen molar-refractivity contribution in [3.05, 3.63) is 0 Å². The molecular formula is C17H30N2O2. The lowest BCUT2D eigenvalue weighted by Gasteiger charge is -2.60. The van der Waals surface area contributed by atoms with Crippen molar-refractivity contribution in [2.24, 2.45) is 22.7 Å². The van der Waals surface area contributed by atoms with Gasteiger partial charge in [0, 0.05) is 26.7 Å². The van der Waals surface area contributed by atoms with Crippen LogP contribution in [-0.2, 0) is 9.53 Å². The third-order valence-electron chi connectivity index (χ3n) is 5.91. The summed E-state index contributed by atoms with van der Waals surface area (Å²) in [7, 11) is 1.71. The lowest BCUT2D eigenvalue weighted by atomic mass is 9.44. The monoisotopic (exact) mass is 294 g/mol. The molecule has 21 heavy (non-hydrogen) atoms. The number of carbonyl (C=O) groups is 1. The van der Waals surface area contributed by atoms with E-state index in [1.54, 1.807) is 7.11 Å². The Hall–Kier alpha value is -0.610. The first-order valence-electron chi connectivity index (χ1n) is 8.53. The van der Waals surface area contributed by atoms with Gasteiger partial charge in [0.25, 0.3) is 0 Å². The van der Waals surface area contributed by atoms with E-state index in [0.29, 0.717) is 11.3 Å². The molecule has 2 atom stereocenters. The van der Waals surface area contributed by atoms with Crippen molar-refractivity contribution in [3.8, 4) is 0 Å². The molecule has 0 aromatic rings. The van der Waals surface area contributed by atoms with Crippen molar-refractivity contribution in [1.29, 1.82) is 0 Å². The van der Waals surface area contributed by atoms with Gasteiger partial charge in [0.05, 0.1) is 12.0 Å². The van der Waals surface area contributed by atoms with Crippen molar-refractivity contribution in [2.45, 2.75) is 45.4 Å². The highest BCUT2D eigenvalue weighted by molar-refractivity contribution is 5.83. The van der Waals surface area contributed by atoms with E-state index in [2.05, 4.69) is 17.6 Å². The maximum atomic E-state index is 12.8. The van der Waals surface area contributed by atoms with Crippen molar-refractivity contribution >= 4 is 5.91 Å². The van der Waals surface area contributed by atoms with E-state index >= 15 is 0 Å². The Kier molecular flexibility index (Phi) is 4.28. The Morgan fingerprint density at radius 3 is 2.48 bits per heavy atom. The Bertz CT molecular complexity index is 382. The van der Waals surface area contributed by atoms with E-state index in [9.17, 15) is 4.79 Å². The highest BCUT2D eigenvalue weighted by Gasteiger charge is 2.58. The maximum absolute atomic E-state index is 12.8. The fraction of sp³-hybridized carbons (Fsp3) is 0.941. The van der Waals surface area contributed by atoms with Crippen LogP contribution in [0.4, 0.5) is 0 Å². The molecule has 0 radical (unpaired) electrons. The van der Waals surface area contributed by atoms with Crippen LogP contribution in [-0.4, -0.2) is 39.3 Å². The van der Waals surface area contributed by atoms with E-state index < -0.39 is 0 Å². The van der Waals surface area contributed by atoms with Crippen LogP contribution in [0.1, 0.15) is 45.4 Å². The van der Waals surface area contributed by atoms with Crippen LogP contribution in [0.5, 0.6) is 0 Å². The fourth-order valence-electron chi connectivity index (χ4n) is 5.74. The van der Waals surface area contributed by atoms with Gasteiger partial charge in [0.15, 0.2) is 0 Å². The summed E-state index contributed by atoms with van der Waals surface area (Å²) in [6, 6.07) is 0. The molecule has 4 aliphatic rings. The van der Waals surface area contributed by atoms with Crippen LogP contribution >= 0.6 is 0 Å². The molecule has 4 aliphatic carbocycles. The number of rotatable bonds is 7. The minimum atomic E-state index is -0.0363. The summed E-state index contributed by atoms with van der Waals surface area (Å²) in [6.45, 7) is 5.55. The topological polar surface area (TPSA) is 50.4 Å². The van der Waals surface area contributed by atoms with Crippen LogP contribution in [0.2, 0.25) is 0 Å². The number of nitrogens with one attached hydrogen (secondary N) is 2. The van der Waals surface area contributed by atoms with Crippen LogP contribution in [0.15, 0.2) is 0 Å². The number of methoxy groups -OCH3 is 1. The summed E-state index contributed by atoms with van der Waals surface area (Å²) in [5, 5.41) is 6.47. The quantitative estimate of drug-likeness (QED) is 0.706. The van der Waals surface area contributed by atoms with Gasteiger partial charge in [-0.1, -0.05) is 6.92 Å². The van der Waals surface area contributed by atoms with Crippen LogP contribution in [0, 0.1) is 22.7 Å². The third-order valence-corrected chi connectivity index (χ3v) is 5.91. The largest absolute Gasteiger partial charge is 0.383 e.